The Labute approximate surface area is 123 Å². The first-order valence-electron chi connectivity index (χ1n) is 6.96. The van der Waals surface area contributed by atoms with Gasteiger partial charge in [0.1, 0.15) is 0 Å². The first kappa shape index (κ1) is 17.9. The maximum Gasteiger partial charge on any atom is 0.416 e. The van der Waals surface area contributed by atoms with Crippen molar-refractivity contribution in [1.82, 2.24) is 5.32 Å². The van der Waals surface area contributed by atoms with Gasteiger partial charge in [-0.3, -0.25) is 0 Å². The van der Waals surface area contributed by atoms with Crippen molar-refractivity contribution in [2.45, 2.75) is 25.6 Å². The Balaban J connectivity index is 2.59. The van der Waals surface area contributed by atoms with E-state index in [1.54, 1.807) is 7.11 Å². The molecule has 1 rings (SSSR count). The molecule has 120 valence electrons. The highest BCUT2D eigenvalue weighted by Crippen LogP contribution is 2.30. The molecular formula is C15H22F3NO2. The summed E-state index contributed by atoms with van der Waals surface area (Å²) in [4.78, 5) is 0. The van der Waals surface area contributed by atoms with Crippen LogP contribution in [-0.4, -0.2) is 33.5 Å². The lowest BCUT2D eigenvalue weighted by molar-refractivity contribution is -0.137. The first-order chi connectivity index (χ1) is 9.99. The van der Waals surface area contributed by atoms with Crippen molar-refractivity contribution in [3.8, 4) is 0 Å². The molecule has 1 aromatic rings. The van der Waals surface area contributed by atoms with Gasteiger partial charge in [-0.25, -0.2) is 0 Å². The van der Waals surface area contributed by atoms with Gasteiger partial charge in [-0.05, 0) is 30.7 Å². The minimum absolute atomic E-state index is 0.0140. The molecule has 1 unspecified atom stereocenters. The largest absolute Gasteiger partial charge is 0.416 e. The maximum absolute atomic E-state index is 12.5. The van der Waals surface area contributed by atoms with Crippen LogP contribution in [0, 0.1) is 0 Å². The van der Waals surface area contributed by atoms with E-state index in [4.69, 9.17) is 9.47 Å². The molecule has 0 fully saturated rings. The Kier molecular flexibility index (Phi) is 7.71. The van der Waals surface area contributed by atoms with Gasteiger partial charge in [0.05, 0.1) is 18.8 Å². The minimum Gasteiger partial charge on any atom is -0.382 e. The SMILES string of the molecule is CCNC(CCOCCOC)c1ccc(C(F)(F)F)cc1. The van der Waals surface area contributed by atoms with Gasteiger partial charge in [-0.1, -0.05) is 19.1 Å². The number of halogens is 3. The zero-order valence-electron chi connectivity index (χ0n) is 12.4. The first-order valence-corrected chi connectivity index (χ1v) is 6.96. The summed E-state index contributed by atoms with van der Waals surface area (Å²) in [5.41, 5.74) is 0.207. The van der Waals surface area contributed by atoms with Crippen LogP contribution < -0.4 is 5.32 Å². The molecule has 3 nitrogen and oxygen atoms in total. The standard InChI is InChI=1S/C15H22F3NO2/c1-3-19-14(8-9-21-11-10-20-2)12-4-6-13(7-5-12)15(16,17)18/h4-7,14,19H,3,8-11H2,1-2H3. The molecule has 0 radical (unpaired) electrons. The average molecular weight is 305 g/mol. The molecule has 0 heterocycles. The Hall–Kier alpha value is -1.11. The van der Waals surface area contributed by atoms with Crippen LogP contribution in [0.2, 0.25) is 0 Å². The molecule has 6 heteroatoms. The number of hydrogen-bond donors (Lipinski definition) is 1. The Bertz CT molecular complexity index is 393. The number of alkyl halides is 3. The van der Waals surface area contributed by atoms with E-state index in [0.717, 1.165) is 24.2 Å². The fraction of sp³-hybridized carbons (Fsp3) is 0.600. The number of methoxy groups -OCH3 is 1. The van der Waals surface area contributed by atoms with Crippen LogP contribution in [0.3, 0.4) is 0 Å². The summed E-state index contributed by atoms with van der Waals surface area (Å²) in [6.45, 7) is 4.28. The highest BCUT2D eigenvalue weighted by molar-refractivity contribution is 5.26. The van der Waals surface area contributed by atoms with Crippen LogP contribution in [0.4, 0.5) is 13.2 Å². The zero-order valence-corrected chi connectivity index (χ0v) is 12.4. The van der Waals surface area contributed by atoms with Gasteiger partial charge in [-0.2, -0.15) is 13.2 Å². The summed E-state index contributed by atoms with van der Waals surface area (Å²) in [7, 11) is 1.60. The minimum atomic E-state index is -4.30. The van der Waals surface area contributed by atoms with Crippen molar-refractivity contribution in [3.05, 3.63) is 35.4 Å². The van der Waals surface area contributed by atoms with E-state index in [0.29, 0.717) is 26.2 Å². The van der Waals surface area contributed by atoms with E-state index in [2.05, 4.69) is 5.32 Å². The van der Waals surface area contributed by atoms with Crippen molar-refractivity contribution < 1.29 is 22.6 Å². The van der Waals surface area contributed by atoms with Crippen LogP contribution in [-0.2, 0) is 15.7 Å². The van der Waals surface area contributed by atoms with Gasteiger partial charge in [0.15, 0.2) is 0 Å². The van der Waals surface area contributed by atoms with Crippen molar-refractivity contribution in [3.63, 3.8) is 0 Å². The maximum atomic E-state index is 12.5. The molecule has 21 heavy (non-hydrogen) atoms. The van der Waals surface area contributed by atoms with E-state index in [9.17, 15) is 13.2 Å². The fourth-order valence-corrected chi connectivity index (χ4v) is 1.98. The molecule has 0 saturated heterocycles. The van der Waals surface area contributed by atoms with Crippen molar-refractivity contribution in [2.24, 2.45) is 0 Å². The van der Waals surface area contributed by atoms with Crippen LogP contribution in [0.15, 0.2) is 24.3 Å². The molecule has 0 amide bonds. The third kappa shape index (κ3) is 6.46. The third-order valence-electron chi connectivity index (χ3n) is 3.07. The Morgan fingerprint density at radius 2 is 1.76 bits per heavy atom. The van der Waals surface area contributed by atoms with E-state index in [-0.39, 0.29) is 6.04 Å². The molecule has 1 N–H and O–H groups in total. The Morgan fingerprint density at radius 1 is 1.10 bits per heavy atom. The normalized spacial score (nSPS) is 13.4. The molecule has 1 aromatic carbocycles. The summed E-state index contributed by atoms with van der Waals surface area (Å²) in [5.74, 6) is 0. The average Bonchev–Trinajstić information content (AvgIpc) is 2.45. The highest BCUT2D eigenvalue weighted by Gasteiger charge is 2.30. The second-order valence-corrected chi connectivity index (χ2v) is 4.62. The van der Waals surface area contributed by atoms with Gasteiger partial charge in [0.2, 0.25) is 0 Å². The van der Waals surface area contributed by atoms with Crippen LogP contribution in [0.5, 0.6) is 0 Å². The summed E-state index contributed by atoms with van der Waals surface area (Å²) < 4.78 is 47.9. The van der Waals surface area contributed by atoms with Gasteiger partial charge in [0.25, 0.3) is 0 Å². The molecule has 0 spiro atoms. The molecule has 0 aliphatic carbocycles. The molecule has 0 aliphatic heterocycles. The predicted molar refractivity (Wildman–Crippen MR) is 75.2 cm³/mol. The van der Waals surface area contributed by atoms with Crippen molar-refractivity contribution in [1.29, 1.82) is 0 Å². The summed E-state index contributed by atoms with van der Waals surface area (Å²) >= 11 is 0. The molecule has 0 saturated carbocycles. The topological polar surface area (TPSA) is 30.5 Å². The summed E-state index contributed by atoms with van der Waals surface area (Å²) in [6, 6.07) is 5.26. The van der Waals surface area contributed by atoms with Crippen LogP contribution in [0.1, 0.15) is 30.5 Å². The van der Waals surface area contributed by atoms with Gasteiger partial charge in [0, 0.05) is 19.8 Å². The second kappa shape index (κ2) is 9.02. The predicted octanol–water partition coefficient (Wildman–Crippen LogP) is 3.41. The van der Waals surface area contributed by atoms with E-state index < -0.39 is 11.7 Å². The highest BCUT2D eigenvalue weighted by atomic mass is 19.4. The van der Waals surface area contributed by atoms with E-state index in [1.807, 2.05) is 6.92 Å². The smallest absolute Gasteiger partial charge is 0.382 e. The molecule has 1 atom stereocenters. The lowest BCUT2D eigenvalue weighted by Gasteiger charge is -2.19. The van der Waals surface area contributed by atoms with Gasteiger partial charge >= 0.3 is 6.18 Å². The summed E-state index contributed by atoms with van der Waals surface area (Å²) in [6.07, 6.45) is -3.60. The lowest BCUT2D eigenvalue weighted by atomic mass is 10.0. The van der Waals surface area contributed by atoms with Crippen LogP contribution >= 0.6 is 0 Å². The monoisotopic (exact) mass is 305 g/mol. The van der Waals surface area contributed by atoms with Gasteiger partial charge < -0.3 is 14.8 Å². The van der Waals surface area contributed by atoms with Crippen LogP contribution in [0.25, 0.3) is 0 Å². The third-order valence-corrected chi connectivity index (χ3v) is 3.07. The fourth-order valence-electron chi connectivity index (χ4n) is 1.98. The molecule has 0 aliphatic rings. The lowest BCUT2D eigenvalue weighted by Crippen LogP contribution is -2.22. The Morgan fingerprint density at radius 3 is 2.29 bits per heavy atom. The number of rotatable bonds is 9. The summed E-state index contributed by atoms with van der Waals surface area (Å²) in [5, 5.41) is 3.26. The number of benzene rings is 1. The number of nitrogens with one attached hydrogen (secondary N) is 1. The van der Waals surface area contributed by atoms with Crippen molar-refractivity contribution >= 4 is 0 Å². The quantitative estimate of drug-likeness (QED) is 0.709. The molecule has 0 aromatic heterocycles. The second-order valence-electron chi connectivity index (χ2n) is 4.62. The van der Waals surface area contributed by atoms with E-state index >= 15 is 0 Å². The number of hydrogen-bond acceptors (Lipinski definition) is 3. The van der Waals surface area contributed by atoms with Gasteiger partial charge in [-0.15, -0.1) is 0 Å². The molecular weight excluding hydrogens is 283 g/mol. The van der Waals surface area contributed by atoms with Crippen molar-refractivity contribution in [2.75, 3.05) is 33.5 Å². The number of ether oxygens (including phenoxy) is 2. The van der Waals surface area contributed by atoms with E-state index in [1.165, 1.54) is 12.1 Å². The zero-order chi connectivity index (χ0) is 15.7. The molecule has 0 bridgehead atoms.